The van der Waals surface area contributed by atoms with E-state index >= 15 is 0 Å². The summed E-state index contributed by atoms with van der Waals surface area (Å²) < 4.78 is 0.979. The van der Waals surface area contributed by atoms with Gasteiger partial charge in [-0.25, -0.2) is 0 Å². The molecule has 0 saturated carbocycles. The lowest BCUT2D eigenvalue weighted by Crippen LogP contribution is -2.24. The number of hydrogen-bond donors (Lipinski definition) is 1. The summed E-state index contributed by atoms with van der Waals surface area (Å²) in [6.07, 6.45) is 0.411. The molecule has 1 unspecified atom stereocenters. The first kappa shape index (κ1) is 14.9. The standard InChI is InChI=1S/C15H13BrCl2O/c1-15(19,11-5-7-12(16)8-6-11)9-10-3-2-4-13(17)14(10)18/h2-8,19H,9H2,1H3. The summed E-state index contributed by atoms with van der Waals surface area (Å²) in [5.74, 6) is 0. The quantitative estimate of drug-likeness (QED) is 0.797. The van der Waals surface area contributed by atoms with Gasteiger partial charge in [-0.2, -0.15) is 0 Å². The van der Waals surface area contributed by atoms with Gasteiger partial charge < -0.3 is 5.11 Å². The first-order valence-corrected chi connectivity index (χ1v) is 7.36. The molecule has 4 heteroatoms. The average molecular weight is 360 g/mol. The van der Waals surface area contributed by atoms with E-state index in [1.807, 2.05) is 36.4 Å². The van der Waals surface area contributed by atoms with Crippen LogP contribution in [0.25, 0.3) is 0 Å². The van der Waals surface area contributed by atoms with Crippen molar-refractivity contribution in [1.29, 1.82) is 0 Å². The molecule has 0 saturated heterocycles. The second-order valence-corrected chi connectivity index (χ2v) is 6.37. The smallest absolute Gasteiger partial charge is 0.0909 e. The lowest BCUT2D eigenvalue weighted by Gasteiger charge is -2.24. The molecule has 0 spiro atoms. The number of rotatable bonds is 3. The molecular formula is C15H13BrCl2O. The minimum atomic E-state index is -0.991. The number of aliphatic hydroxyl groups is 1. The van der Waals surface area contributed by atoms with Crippen molar-refractivity contribution in [3.8, 4) is 0 Å². The van der Waals surface area contributed by atoms with Gasteiger partial charge in [-0.15, -0.1) is 0 Å². The van der Waals surface area contributed by atoms with Crippen molar-refractivity contribution in [3.63, 3.8) is 0 Å². The highest BCUT2D eigenvalue weighted by atomic mass is 79.9. The maximum absolute atomic E-state index is 10.6. The van der Waals surface area contributed by atoms with Crippen molar-refractivity contribution in [2.75, 3.05) is 0 Å². The average Bonchev–Trinajstić information content (AvgIpc) is 2.35. The monoisotopic (exact) mass is 358 g/mol. The summed E-state index contributed by atoms with van der Waals surface area (Å²) in [6, 6.07) is 13.0. The molecule has 0 aromatic heterocycles. The highest BCUT2D eigenvalue weighted by Crippen LogP contribution is 2.32. The number of hydrogen-bond acceptors (Lipinski definition) is 1. The molecule has 100 valence electrons. The van der Waals surface area contributed by atoms with Crippen LogP contribution in [-0.4, -0.2) is 5.11 Å². The van der Waals surface area contributed by atoms with Crippen LogP contribution in [0.4, 0.5) is 0 Å². The molecule has 0 aliphatic heterocycles. The van der Waals surface area contributed by atoms with Crippen molar-refractivity contribution in [2.45, 2.75) is 18.9 Å². The first-order chi connectivity index (χ1) is 8.90. The fraction of sp³-hybridized carbons (Fsp3) is 0.200. The predicted octanol–water partition coefficient (Wildman–Crippen LogP) is 5.21. The summed E-state index contributed by atoms with van der Waals surface area (Å²) in [6.45, 7) is 1.77. The Bertz CT molecular complexity index is 579. The zero-order valence-corrected chi connectivity index (χ0v) is 13.4. The lowest BCUT2D eigenvalue weighted by atomic mass is 9.89. The van der Waals surface area contributed by atoms with E-state index in [1.54, 1.807) is 13.0 Å². The van der Waals surface area contributed by atoms with Gasteiger partial charge in [0.15, 0.2) is 0 Å². The van der Waals surface area contributed by atoms with Gasteiger partial charge in [0.25, 0.3) is 0 Å². The Morgan fingerprint density at radius 1 is 1.11 bits per heavy atom. The zero-order chi connectivity index (χ0) is 14.0. The molecular weight excluding hydrogens is 347 g/mol. The molecule has 0 aliphatic carbocycles. The minimum absolute atomic E-state index is 0.411. The molecule has 1 atom stereocenters. The Balaban J connectivity index is 2.30. The largest absolute Gasteiger partial charge is 0.385 e. The van der Waals surface area contributed by atoms with E-state index in [1.165, 1.54) is 0 Å². The second kappa shape index (κ2) is 5.84. The van der Waals surface area contributed by atoms with Crippen LogP contribution >= 0.6 is 39.1 Å². The molecule has 2 aromatic rings. The predicted molar refractivity (Wildman–Crippen MR) is 83.9 cm³/mol. The lowest BCUT2D eigenvalue weighted by molar-refractivity contribution is 0.0576. The normalized spacial score (nSPS) is 14.2. The van der Waals surface area contributed by atoms with Gasteiger partial charge in [0.05, 0.1) is 15.6 Å². The number of halogens is 3. The topological polar surface area (TPSA) is 20.2 Å². The fourth-order valence-corrected chi connectivity index (χ4v) is 2.62. The van der Waals surface area contributed by atoms with Crippen LogP contribution in [0.3, 0.4) is 0 Å². The Morgan fingerprint density at radius 2 is 1.74 bits per heavy atom. The van der Waals surface area contributed by atoms with Crippen molar-refractivity contribution in [1.82, 2.24) is 0 Å². The molecule has 0 aliphatic rings. The Labute approximate surface area is 131 Å². The third kappa shape index (κ3) is 3.51. The van der Waals surface area contributed by atoms with Crippen molar-refractivity contribution < 1.29 is 5.11 Å². The van der Waals surface area contributed by atoms with Crippen molar-refractivity contribution in [2.24, 2.45) is 0 Å². The van der Waals surface area contributed by atoms with Gasteiger partial charge in [-0.3, -0.25) is 0 Å². The van der Waals surface area contributed by atoms with Crippen molar-refractivity contribution >= 4 is 39.1 Å². The van der Waals surface area contributed by atoms with Crippen LogP contribution < -0.4 is 0 Å². The van der Waals surface area contributed by atoms with E-state index in [9.17, 15) is 5.11 Å². The molecule has 0 heterocycles. The fourth-order valence-electron chi connectivity index (χ4n) is 1.97. The van der Waals surface area contributed by atoms with Crippen LogP contribution in [0.1, 0.15) is 18.1 Å². The molecule has 1 N–H and O–H groups in total. The van der Waals surface area contributed by atoms with Crippen LogP contribution in [0, 0.1) is 0 Å². The van der Waals surface area contributed by atoms with Crippen molar-refractivity contribution in [3.05, 3.63) is 68.1 Å². The van der Waals surface area contributed by atoms with E-state index in [-0.39, 0.29) is 0 Å². The zero-order valence-electron chi connectivity index (χ0n) is 10.3. The highest BCUT2D eigenvalue weighted by Gasteiger charge is 2.24. The van der Waals surface area contributed by atoms with Crippen LogP contribution in [0.2, 0.25) is 10.0 Å². The summed E-state index contributed by atoms with van der Waals surface area (Å²) >= 11 is 15.5. The van der Waals surface area contributed by atoms with Gasteiger partial charge in [-0.1, -0.05) is 63.4 Å². The molecule has 0 bridgehead atoms. The van der Waals surface area contributed by atoms with E-state index in [4.69, 9.17) is 23.2 Å². The maximum Gasteiger partial charge on any atom is 0.0909 e. The van der Waals surface area contributed by atoms with Crippen LogP contribution in [-0.2, 0) is 12.0 Å². The van der Waals surface area contributed by atoms with E-state index in [0.717, 1.165) is 15.6 Å². The molecule has 2 aromatic carbocycles. The van der Waals surface area contributed by atoms with Gasteiger partial charge in [-0.05, 0) is 36.2 Å². The SMILES string of the molecule is CC(O)(Cc1cccc(Cl)c1Cl)c1ccc(Br)cc1. The molecule has 0 fully saturated rings. The molecule has 0 amide bonds. The number of benzene rings is 2. The first-order valence-electron chi connectivity index (χ1n) is 5.81. The van der Waals surface area contributed by atoms with Crippen LogP contribution in [0.5, 0.6) is 0 Å². The van der Waals surface area contributed by atoms with Crippen LogP contribution in [0.15, 0.2) is 46.9 Å². The third-order valence-electron chi connectivity index (χ3n) is 3.03. The van der Waals surface area contributed by atoms with Gasteiger partial charge >= 0.3 is 0 Å². The summed E-state index contributed by atoms with van der Waals surface area (Å²) in [7, 11) is 0. The van der Waals surface area contributed by atoms with E-state index in [2.05, 4.69) is 15.9 Å². The maximum atomic E-state index is 10.6. The highest BCUT2D eigenvalue weighted by molar-refractivity contribution is 9.10. The summed E-state index contributed by atoms with van der Waals surface area (Å²) in [4.78, 5) is 0. The van der Waals surface area contributed by atoms with E-state index < -0.39 is 5.60 Å². The summed E-state index contributed by atoms with van der Waals surface area (Å²) in [5.41, 5.74) is 0.684. The van der Waals surface area contributed by atoms with Gasteiger partial charge in [0.2, 0.25) is 0 Å². The Morgan fingerprint density at radius 3 is 2.37 bits per heavy atom. The molecule has 0 radical (unpaired) electrons. The summed E-state index contributed by atoms with van der Waals surface area (Å²) in [5, 5.41) is 11.6. The Hall–Kier alpha value is -0.540. The van der Waals surface area contributed by atoms with Gasteiger partial charge in [0, 0.05) is 10.9 Å². The molecule has 1 nitrogen and oxygen atoms in total. The van der Waals surface area contributed by atoms with E-state index in [0.29, 0.717) is 16.5 Å². The molecule has 2 rings (SSSR count). The Kier molecular flexibility index (Phi) is 4.57. The third-order valence-corrected chi connectivity index (χ3v) is 4.42. The minimum Gasteiger partial charge on any atom is -0.385 e. The van der Waals surface area contributed by atoms with Gasteiger partial charge in [0.1, 0.15) is 0 Å². The second-order valence-electron chi connectivity index (χ2n) is 4.67. The molecule has 19 heavy (non-hydrogen) atoms.